The molecule has 0 radical (unpaired) electrons. The topological polar surface area (TPSA) is 105 Å². The largest absolute Gasteiger partial charge is 0.496 e. The van der Waals surface area contributed by atoms with Crippen molar-refractivity contribution in [1.82, 2.24) is 0 Å². The summed E-state index contributed by atoms with van der Waals surface area (Å²) >= 11 is 2.75. The summed E-state index contributed by atoms with van der Waals surface area (Å²) in [6.07, 6.45) is 4.72. The van der Waals surface area contributed by atoms with Crippen LogP contribution in [0.25, 0.3) is 26.2 Å². The molecule has 0 aliphatic heterocycles. The number of ether oxygens (including phenoxy) is 4. The number of rotatable bonds is 13. The zero-order valence-electron chi connectivity index (χ0n) is 25.0. The molecule has 8 nitrogen and oxygen atoms in total. The summed E-state index contributed by atoms with van der Waals surface area (Å²) in [5.41, 5.74) is 1.81. The highest BCUT2D eigenvalue weighted by atomic mass is 32.1. The summed E-state index contributed by atoms with van der Waals surface area (Å²) in [7, 11) is 5.85. The molecule has 0 N–H and O–H groups in total. The lowest BCUT2D eigenvalue weighted by molar-refractivity contribution is -0.145. The van der Waals surface area contributed by atoms with Gasteiger partial charge >= 0.3 is 11.9 Å². The molecule has 2 atom stereocenters. The van der Waals surface area contributed by atoms with Gasteiger partial charge in [-0.2, -0.15) is 0 Å². The van der Waals surface area contributed by atoms with Crippen molar-refractivity contribution in [2.75, 3.05) is 28.4 Å². The fraction of sp³-hybridized carbons (Fsp3) is 0.333. The number of ketones is 2. The zero-order chi connectivity index (χ0) is 31.3. The van der Waals surface area contributed by atoms with Gasteiger partial charge in [0.2, 0.25) is 0 Å². The van der Waals surface area contributed by atoms with E-state index in [4.69, 9.17) is 18.9 Å². The van der Waals surface area contributed by atoms with Crippen LogP contribution in [0.3, 0.4) is 0 Å². The van der Waals surface area contributed by atoms with Gasteiger partial charge in [-0.1, -0.05) is 26.0 Å². The van der Waals surface area contributed by atoms with Gasteiger partial charge in [0.1, 0.15) is 11.5 Å². The number of carbonyl (C=O) groups is 4. The lowest BCUT2D eigenvalue weighted by Crippen LogP contribution is -2.16. The maximum atomic E-state index is 12.8. The van der Waals surface area contributed by atoms with Gasteiger partial charge in [0.25, 0.3) is 0 Å². The fourth-order valence-corrected chi connectivity index (χ4v) is 6.82. The summed E-state index contributed by atoms with van der Waals surface area (Å²) in [6, 6.07) is 11.5. The Kier molecular flexibility index (Phi) is 10.4. The minimum absolute atomic E-state index is 0.0853. The van der Waals surface area contributed by atoms with Gasteiger partial charge in [-0.05, 0) is 59.2 Å². The van der Waals surface area contributed by atoms with Crippen LogP contribution in [0, 0.1) is 11.8 Å². The molecule has 2 heterocycles. The second-order valence-electron chi connectivity index (χ2n) is 10.3. The highest BCUT2D eigenvalue weighted by Gasteiger charge is 2.22. The van der Waals surface area contributed by atoms with Crippen molar-refractivity contribution in [3.63, 3.8) is 0 Å². The van der Waals surface area contributed by atoms with Gasteiger partial charge in [-0.25, -0.2) is 0 Å². The highest BCUT2D eigenvalue weighted by Crippen LogP contribution is 2.36. The summed E-state index contributed by atoms with van der Waals surface area (Å²) in [4.78, 5) is 50.3. The molecule has 4 rings (SSSR count). The molecule has 0 unspecified atom stereocenters. The molecule has 0 bridgehead atoms. The number of fused-ring (bicyclic) bond motifs is 2. The minimum Gasteiger partial charge on any atom is -0.496 e. The van der Waals surface area contributed by atoms with Crippen LogP contribution in [-0.4, -0.2) is 51.9 Å². The first-order valence-corrected chi connectivity index (χ1v) is 15.3. The van der Waals surface area contributed by atoms with E-state index in [1.165, 1.54) is 36.9 Å². The molecule has 0 aliphatic rings. The predicted octanol–water partition coefficient (Wildman–Crippen LogP) is 7.15. The summed E-state index contributed by atoms with van der Waals surface area (Å²) in [5, 5.41) is 1.84. The van der Waals surface area contributed by atoms with E-state index in [1.54, 1.807) is 28.1 Å². The summed E-state index contributed by atoms with van der Waals surface area (Å²) < 4.78 is 22.6. The number of benzene rings is 2. The Morgan fingerprint density at radius 1 is 0.698 bits per heavy atom. The van der Waals surface area contributed by atoms with Gasteiger partial charge in [-0.15, -0.1) is 22.7 Å². The molecule has 0 aliphatic carbocycles. The first-order chi connectivity index (χ1) is 20.6. The van der Waals surface area contributed by atoms with Crippen molar-refractivity contribution < 1.29 is 38.1 Å². The molecule has 0 saturated heterocycles. The van der Waals surface area contributed by atoms with Crippen LogP contribution in [0.2, 0.25) is 0 Å². The molecule has 2 aromatic heterocycles. The van der Waals surface area contributed by atoms with Crippen LogP contribution >= 0.6 is 22.7 Å². The Balaban J connectivity index is 1.54. The maximum Gasteiger partial charge on any atom is 0.308 e. The summed E-state index contributed by atoms with van der Waals surface area (Å²) in [6.45, 7) is 3.36. The average Bonchev–Trinajstić information content (AvgIpc) is 3.62. The Morgan fingerprint density at radius 3 is 1.67 bits per heavy atom. The van der Waals surface area contributed by atoms with Crippen LogP contribution in [0.15, 0.2) is 42.5 Å². The van der Waals surface area contributed by atoms with Crippen LogP contribution in [0.1, 0.15) is 57.2 Å². The molecule has 4 aromatic rings. The van der Waals surface area contributed by atoms with Crippen molar-refractivity contribution in [3.05, 3.63) is 63.4 Å². The van der Waals surface area contributed by atoms with E-state index in [0.29, 0.717) is 27.7 Å². The third-order valence-corrected chi connectivity index (χ3v) is 9.44. The SMILES string of the molecule is COC(=O)[C@@H](C)CC(=O)c1cc2cc(/C=C/Cc3cc4cc(C(=O)C[C@H](C)C(=O)OC)sc4cc3OC)c(OC)cc2s1. The molecular formula is C33H34O8S2. The first-order valence-electron chi connectivity index (χ1n) is 13.7. The van der Waals surface area contributed by atoms with Gasteiger partial charge in [0.05, 0.1) is 50.0 Å². The van der Waals surface area contributed by atoms with Gasteiger partial charge in [0.15, 0.2) is 11.6 Å². The number of thiophene rings is 2. The second kappa shape index (κ2) is 14.0. The van der Waals surface area contributed by atoms with Crippen LogP contribution in [-0.2, 0) is 25.5 Å². The Hall–Kier alpha value is -4.02. The lowest BCUT2D eigenvalue weighted by atomic mass is 10.0. The fourth-order valence-electron chi connectivity index (χ4n) is 4.77. The predicted molar refractivity (Wildman–Crippen MR) is 170 cm³/mol. The highest BCUT2D eigenvalue weighted by molar-refractivity contribution is 7.21. The van der Waals surface area contributed by atoms with Crippen LogP contribution in [0.5, 0.6) is 11.5 Å². The quantitative estimate of drug-likeness (QED) is 0.114. The molecule has 2 aromatic carbocycles. The van der Waals surface area contributed by atoms with E-state index in [-0.39, 0.29) is 24.4 Å². The number of carbonyl (C=O) groups excluding carboxylic acids is 4. The van der Waals surface area contributed by atoms with E-state index in [9.17, 15) is 19.2 Å². The number of Topliss-reactive ketones (excluding diaryl/α,β-unsaturated/α-hetero) is 2. The Bertz CT molecular complexity index is 1710. The smallest absolute Gasteiger partial charge is 0.308 e. The van der Waals surface area contributed by atoms with Crippen LogP contribution in [0.4, 0.5) is 0 Å². The van der Waals surface area contributed by atoms with Crippen molar-refractivity contribution >= 4 is 72.4 Å². The number of esters is 2. The van der Waals surface area contributed by atoms with Crippen molar-refractivity contribution in [3.8, 4) is 11.5 Å². The molecule has 10 heteroatoms. The summed E-state index contributed by atoms with van der Waals surface area (Å²) in [5.74, 6) is -0.638. The van der Waals surface area contributed by atoms with Gasteiger partial charge in [-0.3, -0.25) is 19.2 Å². The number of hydrogen-bond donors (Lipinski definition) is 0. The van der Waals surface area contributed by atoms with E-state index in [2.05, 4.69) is 0 Å². The normalized spacial score (nSPS) is 12.8. The van der Waals surface area contributed by atoms with Gasteiger partial charge in [0, 0.05) is 27.8 Å². The van der Waals surface area contributed by atoms with E-state index in [1.807, 2.05) is 48.6 Å². The van der Waals surface area contributed by atoms with E-state index < -0.39 is 23.8 Å². The van der Waals surface area contributed by atoms with Crippen molar-refractivity contribution in [2.24, 2.45) is 11.8 Å². The molecule has 226 valence electrons. The third kappa shape index (κ3) is 7.32. The third-order valence-electron chi connectivity index (χ3n) is 7.16. The van der Waals surface area contributed by atoms with E-state index >= 15 is 0 Å². The Morgan fingerprint density at radius 2 is 1.19 bits per heavy atom. The number of hydrogen-bond acceptors (Lipinski definition) is 10. The average molecular weight is 623 g/mol. The number of allylic oxidation sites excluding steroid dienone is 1. The Labute approximate surface area is 258 Å². The molecular weight excluding hydrogens is 588 g/mol. The molecule has 0 saturated carbocycles. The molecule has 0 fully saturated rings. The standard InChI is InChI=1S/C33H34O8S2/c1-18(32(36)40-5)10-24(34)30-14-22-12-20(26(38-3)16-28(22)42-30)8-7-9-21-13-23-15-31(43-29(23)17-27(21)39-4)25(35)11-19(2)33(37)41-6/h7-8,12-19H,9-11H2,1-6H3/b8-7+/t18-,19-/m0/s1. The van der Waals surface area contributed by atoms with Crippen molar-refractivity contribution in [1.29, 1.82) is 0 Å². The molecule has 43 heavy (non-hydrogen) atoms. The zero-order valence-corrected chi connectivity index (χ0v) is 26.6. The number of methoxy groups -OCH3 is 4. The molecule has 0 amide bonds. The minimum atomic E-state index is -0.511. The monoisotopic (exact) mass is 622 g/mol. The van der Waals surface area contributed by atoms with E-state index in [0.717, 1.165) is 31.3 Å². The molecule has 0 spiro atoms. The lowest BCUT2D eigenvalue weighted by Gasteiger charge is -2.08. The van der Waals surface area contributed by atoms with Crippen LogP contribution < -0.4 is 9.47 Å². The maximum absolute atomic E-state index is 12.8. The first kappa shape index (κ1) is 31.9. The van der Waals surface area contributed by atoms with Gasteiger partial charge < -0.3 is 18.9 Å². The second-order valence-corrected chi connectivity index (χ2v) is 12.4. The van der Waals surface area contributed by atoms with Crippen molar-refractivity contribution in [2.45, 2.75) is 33.1 Å².